The van der Waals surface area contributed by atoms with E-state index in [1.807, 2.05) is 25.1 Å². The SMILES string of the molecule is COc1ccc(C(Cl)c2ccoc2C)s1. The van der Waals surface area contributed by atoms with Gasteiger partial charge in [0.1, 0.15) is 5.76 Å². The summed E-state index contributed by atoms with van der Waals surface area (Å²) in [5, 5.41) is 0.717. The first-order valence-corrected chi connectivity index (χ1v) is 5.79. The number of ether oxygens (including phenoxy) is 1. The molecule has 1 unspecified atom stereocenters. The van der Waals surface area contributed by atoms with Crippen LogP contribution in [0.3, 0.4) is 0 Å². The molecule has 2 nitrogen and oxygen atoms in total. The van der Waals surface area contributed by atoms with Crippen molar-refractivity contribution in [3.63, 3.8) is 0 Å². The third-order valence-electron chi connectivity index (χ3n) is 2.23. The molecule has 2 rings (SSSR count). The van der Waals surface area contributed by atoms with Gasteiger partial charge in [0.05, 0.1) is 18.8 Å². The second-order valence-corrected chi connectivity index (χ2v) is 4.67. The van der Waals surface area contributed by atoms with Gasteiger partial charge in [-0.05, 0) is 25.1 Å². The van der Waals surface area contributed by atoms with E-state index in [1.165, 1.54) is 0 Å². The fourth-order valence-corrected chi connectivity index (χ4v) is 2.64. The Kier molecular flexibility index (Phi) is 3.03. The van der Waals surface area contributed by atoms with Gasteiger partial charge in [0.25, 0.3) is 0 Å². The Hall–Kier alpha value is -0.930. The van der Waals surface area contributed by atoms with Crippen LogP contribution in [0.4, 0.5) is 0 Å². The predicted octanol–water partition coefficient (Wildman–Crippen LogP) is 3.99. The molecule has 80 valence electrons. The molecule has 1 atom stereocenters. The zero-order valence-electron chi connectivity index (χ0n) is 8.49. The number of hydrogen-bond donors (Lipinski definition) is 0. The van der Waals surface area contributed by atoms with E-state index in [4.69, 9.17) is 20.8 Å². The Morgan fingerprint density at radius 1 is 1.40 bits per heavy atom. The third-order valence-corrected chi connectivity index (χ3v) is 3.94. The van der Waals surface area contributed by atoms with E-state index in [9.17, 15) is 0 Å². The van der Waals surface area contributed by atoms with Crippen molar-refractivity contribution in [3.8, 4) is 5.06 Å². The molecule has 0 aromatic carbocycles. The number of halogens is 1. The summed E-state index contributed by atoms with van der Waals surface area (Å²) in [7, 11) is 1.65. The molecule has 0 amide bonds. The van der Waals surface area contributed by atoms with Crippen molar-refractivity contribution in [2.45, 2.75) is 12.3 Å². The number of methoxy groups -OCH3 is 1. The molecule has 0 aliphatic heterocycles. The van der Waals surface area contributed by atoms with Gasteiger partial charge >= 0.3 is 0 Å². The van der Waals surface area contributed by atoms with Crippen molar-refractivity contribution in [1.29, 1.82) is 0 Å². The lowest BCUT2D eigenvalue weighted by Gasteiger charge is -2.04. The number of alkyl halides is 1. The van der Waals surface area contributed by atoms with E-state index < -0.39 is 0 Å². The summed E-state index contributed by atoms with van der Waals surface area (Å²) < 4.78 is 10.4. The van der Waals surface area contributed by atoms with Crippen molar-refractivity contribution in [1.82, 2.24) is 0 Å². The van der Waals surface area contributed by atoms with E-state index in [1.54, 1.807) is 24.7 Å². The lowest BCUT2D eigenvalue weighted by Crippen LogP contribution is -1.89. The van der Waals surface area contributed by atoms with Crippen LogP contribution >= 0.6 is 22.9 Å². The van der Waals surface area contributed by atoms with Crippen LogP contribution in [0.2, 0.25) is 0 Å². The topological polar surface area (TPSA) is 22.4 Å². The van der Waals surface area contributed by atoms with Gasteiger partial charge in [-0.2, -0.15) is 0 Å². The quantitative estimate of drug-likeness (QED) is 0.760. The van der Waals surface area contributed by atoms with Crippen LogP contribution in [-0.4, -0.2) is 7.11 Å². The predicted molar refractivity (Wildman–Crippen MR) is 62.0 cm³/mol. The highest BCUT2D eigenvalue weighted by atomic mass is 35.5. The van der Waals surface area contributed by atoms with Crippen molar-refractivity contribution in [2.75, 3.05) is 7.11 Å². The van der Waals surface area contributed by atoms with Crippen molar-refractivity contribution >= 4 is 22.9 Å². The lowest BCUT2D eigenvalue weighted by atomic mass is 10.1. The molecule has 2 aromatic heterocycles. The van der Waals surface area contributed by atoms with Crippen LogP contribution in [0.1, 0.15) is 21.6 Å². The molecule has 0 bridgehead atoms. The summed E-state index contributed by atoms with van der Waals surface area (Å²) in [6.07, 6.45) is 1.66. The fourth-order valence-electron chi connectivity index (χ4n) is 1.39. The number of hydrogen-bond acceptors (Lipinski definition) is 3. The minimum atomic E-state index is -0.155. The van der Waals surface area contributed by atoms with Crippen molar-refractivity contribution < 1.29 is 9.15 Å². The molecule has 0 spiro atoms. The minimum absolute atomic E-state index is 0.155. The zero-order chi connectivity index (χ0) is 10.8. The zero-order valence-corrected chi connectivity index (χ0v) is 10.1. The number of thiophene rings is 1. The van der Waals surface area contributed by atoms with Crippen LogP contribution in [-0.2, 0) is 0 Å². The largest absolute Gasteiger partial charge is 0.487 e. The summed E-state index contributed by atoms with van der Waals surface area (Å²) >= 11 is 7.90. The molecule has 0 aliphatic rings. The Morgan fingerprint density at radius 2 is 2.20 bits per heavy atom. The Bertz CT molecular complexity index is 447. The standard InChI is InChI=1S/C11H11ClO2S/c1-7-8(5-6-14-7)11(12)9-3-4-10(13-2)15-9/h3-6,11H,1-2H3. The van der Waals surface area contributed by atoms with Crippen LogP contribution < -0.4 is 4.74 Å². The van der Waals surface area contributed by atoms with Crippen molar-refractivity contribution in [3.05, 3.63) is 40.7 Å². The molecule has 0 saturated heterocycles. The molecule has 0 N–H and O–H groups in total. The summed E-state index contributed by atoms with van der Waals surface area (Å²) in [6.45, 7) is 1.91. The fraction of sp³-hybridized carbons (Fsp3) is 0.273. The smallest absolute Gasteiger partial charge is 0.173 e. The molecule has 4 heteroatoms. The van der Waals surface area contributed by atoms with Gasteiger partial charge in [-0.3, -0.25) is 0 Å². The van der Waals surface area contributed by atoms with Crippen LogP contribution in [0.25, 0.3) is 0 Å². The van der Waals surface area contributed by atoms with Gasteiger partial charge in [0.2, 0.25) is 0 Å². The second kappa shape index (κ2) is 4.29. The molecular weight excluding hydrogens is 232 g/mol. The molecule has 15 heavy (non-hydrogen) atoms. The molecule has 2 aromatic rings. The lowest BCUT2D eigenvalue weighted by molar-refractivity contribution is 0.427. The van der Waals surface area contributed by atoms with Crippen molar-refractivity contribution in [2.24, 2.45) is 0 Å². The first-order chi connectivity index (χ1) is 7.22. The summed E-state index contributed by atoms with van der Waals surface area (Å²) in [5.74, 6) is 0.863. The van der Waals surface area contributed by atoms with Gasteiger partial charge in [-0.25, -0.2) is 0 Å². The first-order valence-electron chi connectivity index (χ1n) is 4.54. The highest BCUT2D eigenvalue weighted by Crippen LogP contribution is 2.37. The molecular formula is C11H11ClO2S. The Labute approximate surface area is 97.4 Å². The number of furan rings is 1. The Balaban J connectivity index is 2.28. The summed E-state index contributed by atoms with van der Waals surface area (Å²) in [6, 6.07) is 5.80. The van der Waals surface area contributed by atoms with Gasteiger partial charge in [-0.15, -0.1) is 22.9 Å². The number of rotatable bonds is 3. The van der Waals surface area contributed by atoms with Gasteiger partial charge in [0.15, 0.2) is 5.06 Å². The maximum absolute atomic E-state index is 6.34. The summed E-state index contributed by atoms with van der Waals surface area (Å²) in [4.78, 5) is 1.07. The van der Waals surface area contributed by atoms with Gasteiger partial charge in [0, 0.05) is 10.4 Å². The maximum Gasteiger partial charge on any atom is 0.173 e. The average molecular weight is 243 g/mol. The maximum atomic E-state index is 6.34. The molecule has 0 saturated carbocycles. The van der Waals surface area contributed by atoms with Gasteiger partial charge in [-0.1, -0.05) is 0 Å². The highest BCUT2D eigenvalue weighted by molar-refractivity contribution is 7.14. The summed E-state index contributed by atoms with van der Waals surface area (Å²) in [5.41, 5.74) is 1.01. The Morgan fingerprint density at radius 3 is 2.73 bits per heavy atom. The molecule has 0 aliphatic carbocycles. The first kappa shape index (κ1) is 10.6. The minimum Gasteiger partial charge on any atom is -0.487 e. The molecule has 2 heterocycles. The van der Waals surface area contributed by atoms with E-state index in [0.717, 1.165) is 21.3 Å². The number of aryl methyl sites for hydroxylation is 1. The van der Waals surface area contributed by atoms with E-state index in [-0.39, 0.29) is 5.38 Å². The van der Waals surface area contributed by atoms with E-state index in [0.29, 0.717) is 0 Å². The van der Waals surface area contributed by atoms with Crippen LogP contribution in [0.15, 0.2) is 28.9 Å². The third kappa shape index (κ3) is 2.03. The van der Waals surface area contributed by atoms with E-state index >= 15 is 0 Å². The normalized spacial score (nSPS) is 12.7. The highest BCUT2D eigenvalue weighted by Gasteiger charge is 2.17. The van der Waals surface area contributed by atoms with Crippen LogP contribution in [0, 0.1) is 6.92 Å². The molecule has 0 fully saturated rings. The van der Waals surface area contributed by atoms with E-state index in [2.05, 4.69) is 0 Å². The average Bonchev–Trinajstić information content (AvgIpc) is 2.84. The second-order valence-electron chi connectivity index (χ2n) is 3.16. The van der Waals surface area contributed by atoms with Gasteiger partial charge < -0.3 is 9.15 Å². The molecule has 0 radical (unpaired) electrons. The monoisotopic (exact) mass is 242 g/mol. The van der Waals surface area contributed by atoms with Crippen LogP contribution in [0.5, 0.6) is 5.06 Å².